The van der Waals surface area contributed by atoms with Crippen LogP contribution in [0.5, 0.6) is 0 Å². The van der Waals surface area contributed by atoms with Crippen molar-refractivity contribution in [2.45, 2.75) is 32.2 Å². The van der Waals surface area contributed by atoms with Crippen molar-refractivity contribution in [2.75, 3.05) is 41.8 Å². The lowest BCUT2D eigenvalue weighted by molar-refractivity contribution is 0.573. The van der Waals surface area contributed by atoms with Crippen LogP contribution in [0.1, 0.15) is 30.4 Å². The zero-order valence-corrected chi connectivity index (χ0v) is 16.6. The molecule has 2 aliphatic rings. The van der Waals surface area contributed by atoms with E-state index in [1.807, 2.05) is 0 Å². The molecular formula is C20H26N6S. The second-order valence-corrected chi connectivity index (χ2v) is 7.51. The summed E-state index contributed by atoms with van der Waals surface area (Å²) in [4.78, 5) is 14.2. The third kappa shape index (κ3) is 4.13. The number of rotatable bonds is 3. The van der Waals surface area contributed by atoms with Crippen molar-refractivity contribution in [1.29, 1.82) is 0 Å². The molecule has 0 bridgehead atoms. The molecule has 2 aromatic rings. The Bertz CT molecular complexity index is 818. The number of aromatic nitrogens is 2. The topological polar surface area (TPSA) is 56.3 Å². The summed E-state index contributed by atoms with van der Waals surface area (Å²) >= 11 is 5.26. The number of benzene rings is 1. The number of nitrogens with zero attached hydrogens (tertiary/aromatic N) is 4. The molecule has 1 aromatic carbocycles. The Morgan fingerprint density at radius 2 is 1.67 bits per heavy atom. The van der Waals surface area contributed by atoms with Crippen LogP contribution in [-0.4, -0.2) is 41.8 Å². The summed E-state index contributed by atoms with van der Waals surface area (Å²) in [5.41, 5.74) is 2.82. The first-order chi connectivity index (χ1) is 13.2. The molecule has 0 radical (unpaired) electrons. The summed E-state index contributed by atoms with van der Waals surface area (Å²) in [5.74, 6) is 2.51. The third-order valence-electron chi connectivity index (χ3n) is 5.29. The maximum absolute atomic E-state index is 5.26. The maximum Gasteiger partial charge on any atom is 0.232 e. The Balaban J connectivity index is 1.64. The molecule has 0 unspecified atom stereocenters. The molecule has 3 heterocycles. The lowest BCUT2D eigenvalue weighted by Gasteiger charge is -2.32. The Kier molecular flexibility index (Phi) is 5.38. The average molecular weight is 383 g/mol. The minimum atomic E-state index is 0.528. The second kappa shape index (κ2) is 8.08. The standard InChI is InChI=1S/C20H26N6S/c1-21-20(27)24-19-22-17(25-10-5-2-6-11-25)13-18(23-19)26-12-9-15-7-3-4-8-16(15)14-26/h3-4,7-8,13H,2,5-6,9-12,14H2,1H3,(H2,21,22,23,24,27). The van der Waals surface area contributed by atoms with Crippen LogP contribution in [0, 0.1) is 0 Å². The lowest BCUT2D eigenvalue weighted by atomic mass is 10.00. The fraction of sp³-hybridized carbons (Fsp3) is 0.450. The SMILES string of the molecule is CNC(=S)Nc1nc(N2CCCCC2)cc(N2CCc3ccccc3C2)n1. The van der Waals surface area contributed by atoms with Crippen LogP contribution in [0.15, 0.2) is 30.3 Å². The molecule has 27 heavy (non-hydrogen) atoms. The zero-order chi connectivity index (χ0) is 18.6. The molecule has 1 aromatic heterocycles. The molecule has 1 fully saturated rings. The number of anilines is 3. The fourth-order valence-corrected chi connectivity index (χ4v) is 3.87. The van der Waals surface area contributed by atoms with Crippen LogP contribution in [0.2, 0.25) is 0 Å². The van der Waals surface area contributed by atoms with E-state index in [9.17, 15) is 0 Å². The second-order valence-electron chi connectivity index (χ2n) is 7.10. The number of thiocarbonyl (C=S) groups is 1. The number of fused-ring (bicyclic) bond motifs is 1. The van der Waals surface area contributed by atoms with Gasteiger partial charge in [0, 0.05) is 39.3 Å². The highest BCUT2D eigenvalue weighted by atomic mass is 32.1. The van der Waals surface area contributed by atoms with Crippen LogP contribution >= 0.6 is 12.2 Å². The molecule has 0 spiro atoms. The van der Waals surface area contributed by atoms with Crippen molar-refractivity contribution < 1.29 is 0 Å². The molecule has 0 atom stereocenters. The molecule has 0 saturated carbocycles. The molecule has 1 saturated heterocycles. The molecule has 7 heteroatoms. The van der Waals surface area contributed by atoms with Gasteiger partial charge in [-0.15, -0.1) is 0 Å². The van der Waals surface area contributed by atoms with E-state index in [1.54, 1.807) is 7.05 Å². The normalized spacial score (nSPS) is 16.6. The molecular weight excluding hydrogens is 356 g/mol. The van der Waals surface area contributed by atoms with Gasteiger partial charge in [0.15, 0.2) is 5.11 Å². The fourth-order valence-electron chi connectivity index (χ4n) is 3.78. The number of piperidine rings is 1. The van der Waals surface area contributed by atoms with Gasteiger partial charge in [-0.2, -0.15) is 9.97 Å². The Labute approximate surface area is 166 Å². The highest BCUT2D eigenvalue weighted by Crippen LogP contribution is 2.28. The minimum absolute atomic E-state index is 0.528. The first-order valence-corrected chi connectivity index (χ1v) is 10.1. The molecule has 4 rings (SSSR count). The summed E-state index contributed by atoms with van der Waals surface area (Å²) < 4.78 is 0. The van der Waals surface area contributed by atoms with Crippen molar-refractivity contribution in [3.8, 4) is 0 Å². The van der Waals surface area contributed by atoms with E-state index < -0.39 is 0 Å². The first-order valence-electron chi connectivity index (χ1n) is 9.67. The van der Waals surface area contributed by atoms with Crippen molar-refractivity contribution in [1.82, 2.24) is 15.3 Å². The van der Waals surface area contributed by atoms with Gasteiger partial charge in [-0.05, 0) is 49.0 Å². The summed E-state index contributed by atoms with van der Waals surface area (Å²) in [6.07, 6.45) is 4.77. The van der Waals surface area contributed by atoms with Crippen LogP contribution in [0.4, 0.5) is 17.6 Å². The molecule has 2 aliphatic heterocycles. The lowest BCUT2D eigenvalue weighted by Crippen LogP contribution is -2.34. The average Bonchev–Trinajstić information content (AvgIpc) is 2.73. The predicted molar refractivity (Wildman–Crippen MR) is 115 cm³/mol. The van der Waals surface area contributed by atoms with Gasteiger partial charge in [-0.1, -0.05) is 24.3 Å². The van der Waals surface area contributed by atoms with E-state index in [1.165, 1.54) is 30.4 Å². The van der Waals surface area contributed by atoms with Crippen LogP contribution in [0.3, 0.4) is 0 Å². The van der Waals surface area contributed by atoms with Crippen molar-refractivity contribution in [3.05, 3.63) is 41.5 Å². The molecule has 0 aliphatic carbocycles. The van der Waals surface area contributed by atoms with E-state index >= 15 is 0 Å². The highest BCUT2D eigenvalue weighted by Gasteiger charge is 2.21. The number of nitrogens with one attached hydrogen (secondary N) is 2. The van der Waals surface area contributed by atoms with Crippen LogP contribution in [0.25, 0.3) is 0 Å². The minimum Gasteiger partial charge on any atom is -0.365 e. The van der Waals surface area contributed by atoms with E-state index in [4.69, 9.17) is 22.2 Å². The maximum atomic E-state index is 5.26. The van der Waals surface area contributed by atoms with Crippen molar-refractivity contribution in [2.24, 2.45) is 0 Å². The summed E-state index contributed by atoms with van der Waals surface area (Å²) in [6, 6.07) is 10.8. The van der Waals surface area contributed by atoms with Crippen LogP contribution < -0.4 is 20.4 Å². The van der Waals surface area contributed by atoms with Gasteiger partial charge in [0.25, 0.3) is 0 Å². The van der Waals surface area contributed by atoms with E-state index in [2.05, 4.69) is 50.8 Å². The summed E-state index contributed by atoms with van der Waals surface area (Å²) in [7, 11) is 1.80. The van der Waals surface area contributed by atoms with Gasteiger partial charge in [0.05, 0.1) is 0 Å². The summed E-state index contributed by atoms with van der Waals surface area (Å²) in [6.45, 7) is 3.94. The smallest absolute Gasteiger partial charge is 0.232 e. The van der Waals surface area contributed by atoms with Gasteiger partial charge >= 0.3 is 0 Å². The zero-order valence-electron chi connectivity index (χ0n) is 15.7. The molecule has 6 nitrogen and oxygen atoms in total. The monoisotopic (exact) mass is 382 g/mol. The Morgan fingerprint density at radius 3 is 2.41 bits per heavy atom. The summed E-state index contributed by atoms with van der Waals surface area (Å²) in [5, 5.41) is 6.58. The van der Waals surface area contributed by atoms with Crippen molar-refractivity contribution >= 4 is 34.9 Å². The third-order valence-corrected chi connectivity index (χ3v) is 5.59. The van der Waals surface area contributed by atoms with E-state index in [0.717, 1.165) is 44.2 Å². The van der Waals surface area contributed by atoms with E-state index in [0.29, 0.717) is 11.1 Å². The predicted octanol–water partition coefficient (Wildman–Crippen LogP) is 2.95. The largest absolute Gasteiger partial charge is 0.365 e. The van der Waals surface area contributed by atoms with Crippen molar-refractivity contribution in [3.63, 3.8) is 0 Å². The van der Waals surface area contributed by atoms with Gasteiger partial charge in [0.2, 0.25) is 5.95 Å². The molecule has 142 valence electrons. The van der Waals surface area contributed by atoms with E-state index in [-0.39, 0.29) is 0 Å². The Hall–Kier alpha value is -2.41. The van der Waals surface area contributed by atoms with Gasteiger partial charge in [0.1, 0.15) is 11.6 Å². The highest BCUT2D eigenvalue weighted by molar-refractivity contribution is 7.80. The first kappa shape index (κ1) is 18.0. The molecule has 0 amide bonds. The van der Waals surface area contributed by atoms with Gasteiger partial charge < -0.3 is 20.4 Å². The van der Waals surface area contributed by atoms with Gasteiger partial charge in [-0.3, -0.25) is 0 Å². The number of hydrogen-bond donors (Lipinski definition) is 2. The molecule has 2 N–H and O–H groups in total. The number of hydrogen-bond acceptors (Lipinski definition) is 5. The van der Waals surface area contributed by atoms with Crippen LogP contribution in [-0.2, 0) is 13.0 Å². The Morgan fingerprint density at radius 1 is 0.963 bits per heavy atom. The van der Waals surface area contributed by atoms with Gasteiger partial charge in [-0.25, -0.2) is 0 Å². The quantitative estimate of drug-likeness (QED) is 0.792.